The molecule has 2 aromatic rings. The van der Waals surface area contributed by atoms with Crippen LogP contribution in [0.1, 0.15) is 16.8 Å². The Morgan fingerprint density at radius 1 is 1.35 bits per heavy atom. The van der Waals surface area contributed by atoms with Crippen LogP contribution in [0.4, 0.5) is 0 Å². The van der Waals surface area contributed by atoms with Crippen LogP contribution in [0.15, 0.2) is 24.3 Å². The van der Waals surface area contributed by atoms with E-state index in [1.165, 1.54) is 0 Å². The molecule has 106 valence electrons. The maximum absolute atomic E-state index is 11.3. The van der Waals surface area contributed by atoms with Gasteiger partial charge in [-0.05, 0) is 31.0 Å². The minimum atomic E-state index is -0.500. The number of alkyl halides is 1. The van der Waals surface area contributed by atoms with Crippen LogP contribution in [-0.2, 0) is 11.3 Å². The van der Waals surface area contributed by atoms with Gasteiger partial charge in [0.15, 0.2) is 0 Å². The average Bonchev–Trinajstić information content (AvgIpc) is 2.73. The van der Waals surface area contributed by atoms with E-state index in [9.17, 15) is 4.79 Å². The number of nitrogens with zero attached hydrogens (tertiary/aromatic N) is 2. The molecule has 6 heteroatoms. The summed E-state index contributed by atoms with van der Waals surface area (Å²) in [5, 5.41) is 5.03. The summed E-state index contributed by atoms with van der Waals surface area (Å²) in [6.45, 7) is 4.27. The average molecular weight is 313 g/mol. The first-order chi connectivity index (χ1) is 9.49. The van der Waals surface area contributed by atoms with Crippen LogP contribution in [0.3, 0.4) is 0 Å². The normalized spacial score (nSPS) is 10.6. The van der Waals surface area contributed by atoms with Crippen molar-refractivity contribution in [1.29, 1.82) is 0 Å². The highest BCUT2D eigenvalue weighted by molar-refractivity contribution is 6.31. The van der Waals surface area contributed by atoms with Gasteiger partial charge in [-0.3, -0.25) is 4.79 Å². The van der Waals surface area contributed by atoms with Gasteiger partial charge in [0.2, 0.25) is 5.88 Å². The minimum absolute atomic E-state index is 0.190. The number of hydrogen-bond acceptors (Lipinski definition) is 3. The van der Waals surface area contributed by atoms with E-state index in [0.29, 0.717) is 12.4 Å². The van der Waals surface area contributed by atoms with Crippen LogP contribution in [-0.4, -0.2) is 21.6 Å². The maximum Gasteiger partial charge on any atom is 0.327 e. The third-order valence-corrected chi connectivity index (χ3v) is 3.39. The van der Waals surface area contributed by atoms with Crippen molar-refractivity contribution in [3.63, 3.8) is 0 Å². The molecule has 0 atom stereocenters. The van der Waals surface area contributed by atoms with E-state index in [0.717, 1.165) is 21.8 Å². The van der Waals surface area contributed by atoms with Crippen molar-refractivity contribution in [3.8, 4) is 5.88 Å². The second-order valence-corrected chi connectivity index (χ2v) is 5.15. The highest BCUT2D eigenvalue weighted by atomic mass is 35.5. The van der Waals surface area contributed by atoms with E-state index in [1.54, 1.807) is 10.7 Å². The molecule has 1 heterocycles. The van der Waals surface area contributed by atoms with Crippen molar-refractivity contribution in [2.45, 2.75) is 20.4 Å². The summed E-state index contributed by atoms with van der Waals surface area (Å²) in [6.07, 6.45) is 0. The summed E-state index contributed by atoms with van der Waals surface area (Å²) in [7, 11) is 0. The van der Waals surface area contributed by atoms with Crippen molar-refractivity contribution in [2.24, 2.45) is 0 Å². The zero-order valence-corrected chi connectivity index (χ0v) is 12.7. The Hall–Kier alpha value is -1.52. The van der Waals surface area contributed by atoms with Gasteiger partial charge in [0.1, 0.15) is 5.88 Å². The molecule has 0 saturated heterocycles. The largest absolute Gasteiger partial charge is 0.407 e. The highest BCUT2D eigenvalue weighted by Crippen LogP contribution is 2.20. The number of aryl methyl sites for hydroxylation is 2. The van der Waals surface area contributed by atoms with E-state index < -0.39 is 5.97 Å². The van der Waals surface area contributed by atoms with Crippen LogP contribution in [0.5, 0.6) is 5.88 Å². The van der Waals surface area contributed by atoms with E-state index in [-0.39, 0.29) is 5.88 Å². The standard InChI is InChI=1S/C14H14Cl2N2O2/c1-9-5-11(3-4-12(9)16)8-18-13(6-10(2)17-18)20-14(19)7-15/h3-6H,7-8H2,1-2H3. The minimum Gasteiger partial charge on any atom is -0.407 e. The molecule has 20 heavy (non-hydrogen) atoms. The zero-order valence-electron chi connectivity index (χ0n) is 11.2. The number of carbonyl (C=O) groups is 1. The van der Waals surface area contributed by atoms with Crippen molar-refractivity contribution in [2.75, 3.05) is 5.88 Å². The van der Waals surface area contributed by atoms with Gasteiger partial charge in [-0.2, -0.15) is 5.10 Å². The fourth-order valence-corrected chi connectivity index (χ4v) is 2.01. The Balaban J connectivity index is 2.24. The SMILES string of the molecule is Cc1cc(OC(=O)CCl)n(Cc2ccc(Cl)c(C)c2)n1. The number of hydrogen-bond donors (Lipinski definition) is 0. The predicted molar refractivity (Wildman–Crippen MR) is 78.6 cm³/mol. The molecule has 0 radical (unpaired) electrons. The number of ether oxygens (including phenoxy) is 1. The van der Waals surface area contributed by atoms with Crippen LogP contribution >= 0.6 is 23.2 Å². The molecular formula is C14H14Cl2N2O2. The molecule has 0 aliphatic heterocycles. The summed E-state index contributed by atoms with van der Waals surface area (Å²) in [5.41, 5.74) is 2.79. The Morgan fingerprint density at radius 2 is 2.10 bits per heavy atom. The number of halogens is 2. The molecule has 4 nitrogen and oxygen atoms in total. The number of aromatic nitrogens is 2. The fourth-order valence-electron chi connectivity index (χ4n) is 1.84. The summed E-state index contributed by atoms with van der Waals surface area (Å²) in [6, 6.07) is 7.44. The van der Waals surface area contributed by atoms with Gasteiger partial charge in [-0.15, -0.1) is 11.6 Å². The highest BCUT2D eigenvalue weighted by Gasteiger charge is 2.11. The molecule has 0 unspecified atom stereocenters. The van der Waals surface area contributed by atoms with Crippen molar-refractivity contribution < 1.29 is 9.53 Å². The van der Waals surface area contributed by atoms with E-state index in [4.69, 9.17) is 27.9 Å². The molecule has 0 bridgehead atoms. The molecule has 0 fully saturated rings. The van der Waals surface area contributed by atoms with Crippen molar-refractivity contribution in [1.82, 2.24) is 9.78 Å². The number of esters is 1. The Bertz CT molecular complexity index is 638. The first kappa shape index (κ1) is 14.9. The molecule has 0 amide bonds. The molecule has 0 saturated carbocycles. The third kappa shape index (κ3) is 3.52. The maximum atomic E-state index is 11.3. The lowest BCUT2D eigenvalue weighted by Crippen LogP contribution is -2.13. The van der Waals surface area contributed by atoms with Crippen LogP contribution < -0.4 is 4.74 Å². The Morgan fingerprint density at radius 3 is 2.75 bits per heavy atom. The fraction of sp³-hybridized carbons (Fsp3) is 0.286. The Labute approximate surface area is 127 Å². The van der Waals surface area contributed by atoms with Gasteiger partial charge >= 0.3 is 5.97 Å². The number of carbonyl (C=O) groups excluding carboxylic acids is 1. The van der Waals surface area contributed by atoms with Crippen LogP contribution in [0.25, 0.3) is 0 Å². The number of benzene rings is 1. The molecule has 0 N–H and O–H groups in total. The van der Waals surface area contributed by atoms with E-state index >= 15 is 0 Å². The lowest BCUT2D eigenvalue weighted by molar-refractivity contribution is -0.132. The van der Waals surface area contributed by atoms with E-state index in [1.807, 2.05) is 32.0 Å². The van der Waals surface area contributed by atoms with Gasteiger partial charge in [0.05, 0.1) is 12.2 Å². The summed E-state index contributed by atoms with van der Waals surface area (Å²) >= 11 is 11.4. The molecule has 0 aliphatic rings. The van der Waals surface area contributed by atoms with E-state index in [2.05, 4.69) is 5.10 Å². The molecular weight excluding hydrogens is 299 g/mol. The van der Waals surface area contributed by atoms with Crippen molar-refractivity contribution in [3.05, 3.63) is 46.1 Å². The van der Waals surface area contributed by atoms with Gasteiger partial charge in [-0.25, -0.2) is 4.68 Å². The molecule has 2 rings (SSSR count). The quantitative estimate of drug-likeness (QED) is 0.642. The van der Waals surface area contributed by atoms with Gasteiger partial charge in [0, 0.05) is 11.1 Å². The zero-order chi connectivity index (χ0) is 14.7. The summed E-state index contributed by atoms with van der Waals surface area (Å²) in [4.78, 5) is 11.3. The molecule has 1 aromatic carbocycles. The van der Waals surface area contributed by atoms with Crippen LogP contribution in [0.2, 0.25) is 5.02 Å². The summed E-state index contributed by atoms with van der Waals surface area (Å²) in [5.74, 6) is -0.301. The van der Waals surface area contributed by atoms with Crippen LogP contribution in [0, 0.1) is 13.8 Å². The van der Waals surface area contributed by atoms with Crippen molar-refractivity contribution >= 4 is 29.2 Å². The second kappa shape index (κ2) is 6.29. The predicted octanol–water partition coefficient (Wildman–Crippen LogP) is 3.35. The smallest absolute Gasteiger partial charge is 0.327 e. The first-order valence-electron chi connectivity index (χ1n) is 6.05. The monoisotopic (exact) mass is 312 g/mol. The first-order valence-corrected chi connectivity index (χ1v) is 6.97. The lowest BCUT2D eigenvalue weighted by atomic mass is 10.1. The second-order valence-electron chi connectivity index (χ2n) is 4.47. The third-order valence-electron chi connectivity index (χ3n) is 2.75. The van der Waals surface area contributed by atoms with Gasteiger partial charge in [-0.1, -0.05) is 23.7 Å². The molecule has 1 aromatic heterocycles. The lowest BCUT2D eigenvalue weighted by Gasteiger charge is -2.08. The van der Waals surface area contributed by atoms with Gasteiger partial charge in [0.25, 0.3) is 0 Å². The van der Waals surface area contributed by atoms with Gasteiger partial charge < -0.3 is 4.74 Å². The summed E-state index contributed by atoms with van der Waals surface area (Å²) < 4.78 is 6.77. The Kier molecular flexibility index (Phi) is 4.68. The molecule has 0 aliphatic carbocycles. The molecule has 0 spiro atoms. The number of rotatable bonds is 4. The topological polar surface area (TPSA) is 44.1 Å².